The topological polar surface area (TPSA) is 40.6 Å². The lowest BCUT2D eigenvalue weighted by atomic mass is 9.95. The van der Waals surface area contributed by atoms with Crippen molar-refractivity contribution in [3.8, 4) is 0 Å². The molecule has 2 aromatic carbocycles. The van der Waals surface area contributed by atoms with Crippen LogP contribution in [0.25, 0.3) is 5.57 Å². The van der Waals surface area contributed by atoms with Gasteiger partial charge in [0.2, 0.25) is 0 Å². The zero-order chi connectivity index (χ0) is 20.7. The maximum absolute atomic E-state index is 14.5. The molecule has 2 amide bonds. The summed E-state index contributed by atoms with van der Waals surface area (Å²) in [5, 5.41) is 0. The van der Waals surface area contributed by atoms with Crippen molar-refractivity contribution in [3.05, 3.63) is 70.7 Å². The fraction of sp³-hybridized carbons (Fsp3) is 0.333. The fourth-order valence-electron chi connectivity index (χ4n) is 4.39. The molecule has 1 atom stereocenters. The summed E-state index contributed by atoms with van der Waals surface area (Å²) in [6.07, 6.45) is 2.06. The molecular formula is C24H25FN2O2. The number of aryl methyl sites for hydroxylation is 2. The number of carbonyl (C=O) groups excluding carboxylic acids is 2. The molecule has 0 bridgehead atoms. The van der Waals surface area contributed by atoms with Gasteiger partial charge in [0, 0.05) is 13.1 Å². The molecule has 2 aliphatic heterocycles. The van der Waals surface area contributed by atoms with Gasteiger partial charge < -0.3 is 4.90 Å². The van der Waals surface area contributed by atoms with Crippen LogP contribution in [-0.4, -0.2) is 29.8 Å². The first-order valence-corrected chi connectivity index (χ1v) is 10.1. The normalized spacial score (nSPS) is 20.1. The summed E-state index contributed by atoms with van der Waals surface area (Å²) >= 11 is 0. The van der Waals surface area contributed by atoms with Gasteiger partial charge in [0.25, 0.3) is 11.8 Å². The second kappa shape index (κ2) is 7.47. The first-order chi connectivity index (χ1) is 13.9. The Morgan fingerprint density at radius 2 is 1.79 bits per heavy atom. The van der Waals surface area contributed by atoms with Crippen LogP contribution in [0.1, 0.15) is 36.5 Å². The maximum atomic E-state index is 14.5. The van der Waals surface area contributed by atoms with Crippen LogP contribution in [0.15, 0.2) is 48.2 Å². The minimum Gasteiger partial charge on any atom is -0.366 e. The van der Waals surface area contributed by atoms with Crippen molar-refractivity contribution in [3.63, 3.8) is 0 Å². The zero-order valence-electron chi connectivity index (χ0n) is 17.0. The third-order valence-corrected chi connectivity index (χ3v) is 5.78. The number of anilines is 1. The van der Waals surface area contributed by atoms with E-state index in [4.69, 9.17) is 0 Å². The Morgan fingerprint density at radius 1 is 1.03 bits per heavy atom. The van der Waals surface area contributed by atoms with Crippen molar-refractivity contribution in [2.45, 2.75) is 33.6 Å². The average molecular weight is 392 g/mol. The van der Waals surface area contributed by atoms with Crippen molar-refractivity contribution in [1.82, 2.24) is 4.90 Å². The van der Waals surface area contributed by atoms with Crippen LogP contribution in [0.2, 0.25) is 0 Å². The Balaban J connectivity index is 1.88. The van der Waals surface area contributed by atoms with Crippen LogP contribution >= 0.6 is 0 Å². The predicted molar refractivity (Wildman–Crippen MR) is 112 cm³/mol. The highest BCUT2D eigenvalue weighted by atomic mass is 19.1. The molecule has 2 aliphatic rings. The summed E-state index contributed by atoms with van der Waals surface area (Å²) < 4.78 is 14.5. The van der Waals surface area contributed by atoms with Gasteiger partial charge in [-0.15, -0.1) is 0 Å². The van der Waals surface area contributed by atoms with E-state index in [-0.39, 0.29) is 5.69 Å². The van der Waals surface area contributed by atoms with Crippen molar-refractivity contribution in [1.29, 1.82) is 0 Å². The third kappa shape index (κ3) is 3.35. The summed E-state index contributed by atoms with van der Waals surface area (Å²) in [6, 6.07) is 11.8. The number of rotatable bonds is 3. The molecule has 0 spiro atoms. The SMILES string of the molecule is Cc1ccc(C2=C(N3CCCC(C)C3)C(=O)N(c3ccccc3F)C2=O)c(C)c1. The molecule has 0 N–H and O–H groups in total. The Bertz CT molecular complexity index is 1030. The smallest absolute Gasteiger partial charge is 0.282 e. The molecule has 2 aromatic rings. The number of imide groups is 1. The van der Waals surface area contributed by atoms with Gasteiger partial charge in [0.15, 0.2) is 0 Å². The molecule has 29 heavy (non-hydrogen) atoms. The van der Waals surface area contributed by atoms with Crippen molar-refractivity contribution in [2.75, 3.05) is 18.0 Å². The largest absolute Gasteiger partial charge is 0.366 e. The predicted octanol–water partition coefficient (Wildman–Crippen LogP) is 4.46. The van der Waals surface area contributed by atoms with Crippen LogP contribution in [0, 0.1) is 25.6 Å². The highest BCUT2D eigenvalue weighted by Crippen LogP contribution is 2.38. The molecule has 1 saturated heterocycles. The molecular weight excluding hydrogens is 367 g/mol. The third-order valence-electron chi connectivity index (χ3n) is 5.78. The van der Waals surface area contributed by atoms with Crippen molar-refractivity contribution in [2.24, 2.45) is 5.92 Å². The van der Waals surface area contributed by atoms with Gasteiger partial charge in [-0.05, 0) is 55.9 Å². The van der Waals surface area contributed by atoms with E-state index < -0.39 is 17.6 Å². The number of halogens is 1. The van der Waals surface area contributed by atoms with Gasteiger partial charge in [-0.1, -0.05) is 42.8 Å². The molecule has 0 saturated carbocycles. The van der Waals surface area contributed by atoms with E-state index in [2.05, 4.69) is 6.92 Å². The van der Waals surface area contributed by atoms with E-state index >= 15 is 0 Å². The lowest BCUT2D eigenvalue weighted by Crippen LogP contribution is -2.39. The van der Waals surface area contributed by atoms with Gasteiger partial charge in [0.1, 0.15) is 11.5 Å². The van der Waals surface area contributed by atoms with Gasteiger partial charge in [-0.3, -0.25) is 9.59 Å². The van der Waals surface area contributed by atoms with Gasteiger partial charge in [-0.2, -0.15) is 0 Å². The number of nitrogens with zero attached hydrogens (tertiary/aromatic N) is 2. The minimum atomic E-state index is -0.581. The Morgan fingerprint density at radius 3 is 2.48 bits per heavy atom. The molecule has 2 heterocycles. The van der Waals surface area contributed by atoms with Crippen LogP contribution in [0.4, 0.5) is 10.1 Å². The second-order valence-electron chi connectivity index (χ2n) is 8.13. The molecule has 4 nitrogen and oxygen atoms in total. The zero-order valence-corrected chi connectivity index (χ0v) is 17.0. The lowest BCUT2D eigenvalue weighted by molar-refractivity contribution is -0.120. The molecule has 150 valence electrons. The summed E-state index contributed by atoms with van der Waals surface area (Å²) in [5.41, 5.74) is 3.54. The summed E-state index contributed by atoms with van der Waals surface area (Å²) in [5.74, 6) is -1.05. The second-order valence-corrected chi connectivity index (χ2v) is 8.13. The molecule has 0 aliphatic carbocycles. The first kappa shape index (κ1) is 19.4. The van der Waals surface area contributed by atoms with Crippen LogP contribution in [-0.2, 0) is 9.59 Å². The Labute approximate surface area is 170 Å². The Hall–Kier alpha value is -2.95. The number of hydrogen-bond acceptors (Lipinski definition) is 3. The van der Waals surface area contributed by atoms with E-state index in [1.54, 1.807) is 12.1 Å². The van der Waals surface area contributed by atoms with Gasteiger partial charge in [0.05, 0.1) is 11.3 Å². The maximum Gasteiger partial charge on any atom is 0.282 e. The molecule has 0 aromatic heterocycles. The standard InChI is InChI=1S/C24H25FN2O2/c1-15-10-11-18(17(3)13-15)21-22(26-12-6-7-16(2)14-26)24(29)27(23(21)28)20-9-5-4-8-19(20)25/h4-5,8-11,13,16H,6-7,12,14H2,1-3H3. The van der Waals surface area contributed by atoms with Crippen LogP contribution in [0.5, 0.6) is 0 Å². The number of carbonyl (C=O) groups is 2. The molecule has 0 radical (unpaired) electrons. The highest BCUT2D eigenvalue weighted by molar-refractivity contribution is 6.45. The van der Waals surface area contributed by atoms with E-state index in [9.17, 15) is 14.0 Å². The lowest BCUT2D eigenvalue weighted by Gasteiger charge is -2.33. The molecule has 1 unspecified atom stereocenters. The van der Waals surface area contributed by atoms with Crippen molar-refractivity contribution < 1.29 is 14.0 Å². The highest BCUT2D eigenvalue weighted by Gasteiger charge is 2.44. The average Bonchev–Trinajstić information content (AvgIpc) is 2.93. The van der Waals surface area contributed by atoms with E-state index in [0.717, 1.165) is 41.0 Å². The minimum absolute atomic E-state index is 0.00447. The fourth-order valence-corrected chi connectivity index (χ4v) is 4.39. The first-order valence-electron chi connectivity index (χ1n) is 10.1. The number of amides is 2. The molecule has 5 heteroatoms. The quantitative estimate of drug-likeness (QED) is 0.724. The van der Waals surface area contributed by atoms with E-state index in [1.807, 2.05) is 36.9 Å². The number of likely N-dealkylation sites (tertiary alicyclic amines) is 1. The summed E-state index contributed by atoms with van der Waals surface area (Å²) in [6.45, 7) is 7.52. The van der Waals surface area contributed by atoms with E-state index in [0.29, 0.717) is 23.7 Å². The molecule has 1 fully saturated rings. The van der Waals surface area contributed by atoms with Crippen LogP contribution < -0.4 is 4.90 Å². The number of para-hydroxylation sites is 1. The van der Waals surface area contributed by atoms with Gasteiger partial charge >= 0.3 is 0 Å². The monoisotopic (exact) mass is 392 g/mol. The summed E-state index contributed by atoms with van der Waals surface area (Å²) in [7, 11) is 0. The Kier molecular flexibility index (Phi) is 4.99. The molecule has 4 rings (SSSR count). The number of hydrogen-bond donors (Lipinski definition) is 0. The van der Waals surface area contributed by atoms with Gasteiger partial charge in [-0.25, -0.2) is 9.29 Å². The van der Waals surface area contributed by atoms with Crippen molar-refractivity contribution >= 4 is 23.1 Å². The summed E-state index contributed by atoms with van der Waals surface area (Å²) in [4.78, 5) is 30.0. The van der Waals surface area contributed by atoms with E-state index in [1.165, 1.54) is 12.1 Å². The number of benzene rings is 2. The van der Waals surface area contributed by atoms with Crippen LogP contribution in [0.3, 0.4) is 0 Å². The number of piperidine rings is 1.